The Hall–Kier alpha value is -3.92. The maximum absolute atomic E-state index is 14.2. The number of carbonyl (C=O) groups is 2. The Balaban J connectivity index is 0.000000210. The molecular weight excluding hydrogens is 934 g/mol. The summed E-state index contributed by atoms with van der Waals surface area (Å²) in [4.78, 5) is 23.4. The van der Waals surface area contributed by atoms with Crippen LogP contribution in [-0.2, 0) is 19.1 Å². The first-order chi connectivity index (χ1) is 27.3. The molecule has 0 unspecified atom stereocenters. The van der Waals surface area contributed by atoms with Gasteiger partial charge in [0.05, 0.1) is 18.9 Å². The van der Waals surface area contributed by atoms with E-state index in [2.05, 4.69) is 36.0 Å². The third-order valence-electron chi connectivity index (χ3n) is 7.25. The van der Waals surface area contributed by atoms with E-state index < -0.39 is 64.2 Å². The van der Waals surface area contributed by atoms with Crippen LogP contribution in [0.5, 0.6) is 0 Å². The highest BCUT2D eigenvalue weighted by molar-refractivity contribution is 9.10. The second-order valence-corrected chi connectivity index (χ2v) is 15.2. The lowest BCUT2D eigenvalue weighted by atomic mass is 9.80. The number of carbonyl (C=O) groups excluding carboxylic acids is 2. The molecule has 0 radical (unpaired) electrons. The van der Waals surface area contributed by atoms with Crippen molar-refractivity contribution >= 4 is 98.4 Å². The second kappa shape index (κ2) is 20.9. The van der Waals surface area contributed by atoms with Gasteiger partial charge in [0, 0.05) is 48.3 Å². The van der Waals surface area contributed by atoms with Crippen LogP contribution in [0.15, 0.2) is 111 Å². The zero-order chi connectivity index (χ0) is 42.8. The zero-order valence-electron chi connectivity index (χ0n) is 29.0. The molecule has 0 saturated heterocycles. The molecule has 0 saturated carbocycles. The van der Waals surface area contributed by atoms with Gasteiger partial charge in [0.1, 0.15) is 21.4 Å². The summed E-state index contributed by atoms with van der Waals surface area (Å²) < 4.78 is 114. The number of rotatable bonds is 6. The number of nitrogens with one attached hydrogen (secondary N) is 2. The number of para-hydroxylation sites is 2. The number of alkyl halides is 6. The maximum Gasteiger partial charge on any atom is 0.491 e. The Morgan fingerprint density at radius 3 is 1.62 bits per heavy atom. The number of allylic oxidation sites excluding steroid dienone is 2. The van der Waals surface area contributed by atoms with Gasteiger partial charge in [-0.05, 0) is 64.5 Å². The van der Waals surface area contributed by atoms with E-state index >= 15 is 0 Å². The van der Waals surface area contributed by atoms with Crippen LogP contribution in [0.25, 0.3) is 11.1 Å². The van der Waals surface area contributed by atoms with E-state index in [-0.39, 0.29) is 45.7 Å². The fourth-order valence-corrected chi connectivity index (χ4v) is 7.18. The summed E-state index contributed by atoms with van der Waals surface area (Å²) in [5.74, 6) is -5.14. The van der Waals surface area contributed by atoms with Crippen molar-refractivity contribution < 1.29 is 64.2 Å². The number of anilines is 2. The Morgan fingerprint density at radius 1 is 0.672 bits per heavy atom. The Morgan fingerprint density at radius 2 is 1.14 bits per heavy atom. The molecule has 8 nitrogen and oxygen atoms in total. The molecule has 0 spiro atoms. The Labute approximate surface area is 352 Å². The maximum atomic E-state index is 14.2. The van der Waals surface area contributed by atoms with Gasteiger partial charge in [-0.1, -0.05) is 59.6 Å². The number of thioether (sulfide) groups is 2. The largest absolute Gasteiger partial charge is 0.491 e. The molecule has 308 valence electrons. The van der Waals surface area contributed by atoms with E-state index in [1.807, 2.05) is 0 Å². The minimum Gasteiger partial charge on any atom is -0.487 e. The lowest BCUT2D eigenvalue weighted by molar-refractivity contribution is -0.133. The minimum atomic E-state index is -4.78. The van der Waals surface area contributed by atoms with Gasteiger partial charge in [0.15, 0.2) is 0 Å². The molecular formula is C36H26BBrCl2F8N2O6S2. The van der Waals surface area contributed by atoms with Crippen molar-refractivity contribution in [3.8, 4) is 11.1 Å². The smallest absolute Gasteiger partial charge is 0.487 e. The van der Waals surface area contributed by atoms with Gasteiger partial charge in [-0.15, -0.1) is 23.5 Å². The van der Waals surface area contributed by atoms with Crippen LogP contribution in [0, 0.1) is 11.6 Å². The van der Waals surface area contributed by atoms with Gasteiger partial charge in [-0.2, -0.15) is 26.3 Å². The molecule has 22 heteroatoms. The van der Waals surface area contributed by atoms with Gasteiger partial charge in [0.25, 0.3) is 11.8 Å². The topological polar surface area (TPSA) is 117 Å². The highest BCUT2D eigenvalue weighted by atomic mass is 79.9. The number of amides is 2. The fraction of sp³-hybridized carbons (Fsp3) is 0.167. The normalized spacial score (nSPS) is 14.2. The highest BCUT2D eigenvalue weighted by Gasteiger charge is 2.43. The van der Waals surface area contributed by atoms with Crippen molar-refractivity contribution in [2.75, 3.05) is 35.4 Å². The van der Waals surface area contributed by atoms with E-state index in [1.54, 1.807) is 42.5 Å². The predicted molar refractivity (Wildman–Crippen MR) is 212 cm³/mol. The number of benzene rings is 4. The van der Waals surface area contributed by atoms with Crippen LogP contribution in [0.4, 0.5) is 46.5 Å². The van der Waals surface area contributed by atoms with E-state index in [9.17, 15) is 44.7 Å². The lowest BCUT2D eigenvalue weighted by Crippen LogP contribution is -2.32. The van der Waals surface area contributed by atoms with Gasteiger partial charge in [-0.3, -0.25) is 9.59 Å². The van der Waals surface area contributed by atoms with Crippen LogP contribution >= 0.6 is 62.7 Å². The van der Waals surface area contributed by atoms with E-state index in [1.165, 1.54) is 30.3 Å². The third kappa shape index (κ3) is 13.0. The van der Waals surface area contributed by atoms with E-state index in [4.69, 9.17) is 33.2 Å². The first-order valence-corrected chi connectivity index (χ1v) is 19.7. The molecule has 2 aliphatic heterocycles. The van der Waals surface area contributed by atoms with Gasteiger partial charge in [-0.25, -0.2) is 8.78 Å². The molecule has 4 N–H and O–H groups in total. The van der Waals surface area contributed by atoms with Crippen LogP contribution in [-0.4, -0.2) is 66.1 Å². The number of hydrogen-bond donors (Lipinski definition) is 4. The fourth-order valence-electron chi connectivity index (χ4n) is 4.76. The Bertz CT molecular complexity index is 2200. The zero-order valence-corrected chi connectivity index (χ0v) is 33.7. The van der Waals surface area contributed by atoms with Crippen molar-refractivity contribution in [1.82, 2.24) is 0 Å². The van der Waals surface area contributed by atoms with Crippen LogP contribution in [0.1, 0.15) is 0 Å². The summed E-state index contributed by atoms with van der Waals surface area (Å²) in [5.41, 5.74) is 0.875. The van der Waals surface area contributed by atoms with Crippen molar-refractivity contribution in [1.29, 1.82) is 0 Å². The SMILES string of the molecule is O=C(Nc1ccccc1-c1ccc(Cl)cc1F)C1=C(C(F)(F)F)OCCS1.O=C(Nc1ccccc1Br)C1=C(C(F)(F)F)OCCS1.OB(O)c1ccc(Cl)cc1F. The van der Waals surface area contributed by atoms with E-state index in [0.717, 1.165) is 35.7 Å². The summed E-state index contributed by atoms with van der Waals surface area (Å²) in [7, 11) is -1.78. The highest BCUT2D eigenvalue weighted by Crippen LogP contribution is 2.39. The van der Waals surface area contributed by atoms with Crippen molar-refractivity contribution in [2.45, 2.75) is 12.4 Å². The van der Waals surface area contributed by atoms with Crippen molar-refractivity contribution in [3.05, 3.63) is 132 Å². The van der Waals surface area contributed by atoms with Gasteiger partial charge >= 0.3 is 19.5 Å². The number of halogens is 11. The molecule has 6 rings (SSSR count). The molecule has 2 heterocycles. The molecule has 0 atom stereocenters. The standard InChI is InChI=1S/C18H12ClF4NO2S.C12H9BrF3NO2S.C6H5BClFO2/c19-10-5-6-11(13(20)9-10)12-3-1-2-4-14(12)24-17(25)15-16(18(21,22)23)26-7-8-27-15;13-7-3-1-2-4-8(7)17-11(18)9-10(12(14,15)16)19-5-6-20-9;8-4-1-2-5(7(10)11)6(9)3-4/h1-6,9H,7-8H2,(H,24,25);1-4H,5-6H2,(H,17,18);1-3,10-11H. The Kier molecular flexibility index (Phi) is 16.8. The molecule has 4 aromatic rings. The van der Waals surface area contributed by atoms with Crippen LogP contribution in [0.3, 0.4) is 0 Å². The van der Waals surface area contributed by atoms with Crippen LogP contribution < -0.4 is 16.1 Å². The molecule has 0 bridgehead atoms. The number of ether oxygens (including phenoxy) is 2. The van der Waals surface area contributed by atoms with Gasteiger partial charge in [0.2, 0.25) is 11.5 Å². The third-order valence-corrected chi connectivity index (χ3v) is 10.5. The molecule has 58 heavy (non-hydrogen) atoms. The average Bonchev–Trinajstić information content (AvgIpc) is 3.16. The molecule has 0 aromatic heterocycles. The van der Waals surface area contributed by atoms with Crippen molar-refractivity contribution in [2.24, 2.45) is 0 Å². The average molecular weight is 960 g/mol. The van der Waals surface area contributed by atoms with Crippen LogP contribution in [0.2, 0.25) is 10.0 Å². The summed E-state index contributed by atoms with van der Waals surface area (Å²) >= 11 is 16.0. The quantitative estimate of drug-likeness (QED) is 0.112. The van der Waals surface area contributed by atoms with Gasteiger partial charge < -0.3 is 30.2 Å². The first-order valence-electron chi connectivity index (χ1n) is 16.1. The van der Waals surface area contributed by atoms with Crippen molar-refractivity contribution in [3.63, 3.8) is 0 Å². The van der Waals surface area contributed by atoms with E-state index in [0.29, 0.717) is 21.5 Å². The number of hydrogen-bond acceptors (Lipinski definition) is 8. The molecule has 0 fully saturated rings. The predicted octanol–water partition coefficient (Wildman–Crippen LogP) is 9.71. The molecule has 2 amide bonds. The lowest BCUT2D eigenvalue weighted by Gasteiger charge is -2.22. The molecule has 4 aromatic carbocycles. The minimum absolute atomic E-state index is 0.0642. The summed E-state index contributed by atoms with van der Waals surface area (Å²) in [6, 6.07) is 20.6. The first kappa shape index (κ1) is 46.8. The summed E-state index contributed by atoms with van der Waals surface area (Å²) in [5, 5.41) is 22.4. The second-order valence-electron chi connectivity index (χ2n) is 11.3. The molecule has 2 aliphatic rings. The summed E-state index contributed by atoms with van der Waals surface area (Å²) in [6.45, 7) is -0.200. The molecule has 0 aliphatic carbocycles. The monoisotopic (exact) mass is 958 g/mol. The summed E-state index contributed by atoms with van der Waals surface area (Å²) in [6.07, 6.45) is -9.45.